The van der Waals surface area contributed by atoms with Crippen LogP contribution in [0.25, 0.3) is 10.9 Å². The molecule has 1 fully saturated rings. The van der Waals surface area contributed by atoms with Crippen LogP contribution in [0.3, 0.4) is 0 Å². The van der Waals surface area contributed by atoms with Crippen LogP contribution in [0.1, 0.15) is 20.3 Å². The molecule has 1 amide bonds. The van der Waals surface area contributed by atoms with E-state index in [1.54, 1.807) is 11.0 Å². The molecule has 1 aromatic carbocycles. The summed E-state index contributed by atoms with van der Waals surface area (Å²) in [5.74, 6) is -0.512. The van der Waals surface area contributed by atoms with E-state index in [0.717, 1.165) is 12.5 Å². The minimum Gasteiger partial charge on any atom is -0.501 e. The Morgan fingerprint density at radius 1 is 1.43 bits per heavy atom. The molecule has 2 aromatic rings. The van der Waals surface area contributed by atoms with Crippen LogP contribution >= 0.6 is 11.6 Å². The highest BCUT2D eigenvalue weighted by Gasteiger charge is 2.27. The van der Waals surface area contributed by atoms with Gasteiger partial charge in [0.1, 0.15) is 11.6 Å². The molecule has 0 saturated carbocycles. The summed E-state index contributed by atoms with van der Waals surface area (Å²) in [4.78, 5) is 30.3. The third-order valence-corrected chi connectivity index (χ3v) is 5.15. The number of piperazine rings is 1. The van der Waals surface area contributed by atoms with Gasteiger partial charge in [0.05, 0.1) is 9.95 Å². The lowest BCUT2D eigenvalue weighted by molar-refractivity contribution is -0.385. The zero-order valence-electron chi connectivity index (χ0n) is 15.6. The molecule has 1 unspecified atom stereocenters. The van der Waals surface area contributed by atoms with Crippen LogP contribution in [-0.2, 0) is 4.74 Å². The number of fused-ring (bicyclic) bond motifs is 1. The maximum atomic E-state index is 12.2. The van der Waals surface area contributed by atoms with Crippen molar-refractivity contribution in [3.8, 4) is 5.75 Å². The minimum atomic E-state index is -0.698. The largest absolute Gasteiger partial charge is 0.501 e. The molecule has 1 atom stereocenters. The number of benzene rings is 1. The van der Waals surface area contributed by atoms with Crippen molar-refractivity contribution in [2.45, 2.75) is 26.4 Å². The van der Waals surface area contributed by atoms with Crippen molar-refractivity contribution in [3.05, 3.63) is 33.5 Å². The first-order valence-corrected chi connectivity index (χ1v) is 9.36. The second-order valence-electron chi connectivity index (χ2n) is 6.61. The van der Waals surface area contributed by atoms with Crippen molar-refractivity contribution < 1.29 is 19.6 Å². The lowest BCUT2D eigenvalue weighted by atomic mass is 10.1. The SMILES string of the molecule is CCC(C)OC(=O)N1CCN(c2ccnc3c(O)c([N+](=O)[O-])cc(Cl)c23)CC1. The summed E-state index contributed by atoms with van der Waals surface area (Å²) >= 11 is 6.29. The molecular formula is C18H21ClN4O5. The maximum Gasteiger partial charge on any atom is 0.410 e. The van der Waals surface area contributed by atoms with Gasteiger partial charge in [-0.05, 0) is 19.4 Å². The van der Waals surface area contributed by atoms with Gasteiger partial charge in [-0.3, -0.25) is 15.1 Å². The van der Waals surface area contributed by atoms with Crippen molar-refractivity contribution in [1.29, 1.82) is 0 Å². The van der Waals surface area contributed by atoms with Crippen molar-refractivity contribution in [3.63, 3.8) is 0 Å². The highest BCUT2D eigenvalue weighted by Crippen LogP contribution is 2.42. The summed E-state index contributed by atoms with van der Waals surface area (Å²) in [5.41, 5.74) is 0.296. The third-order valence-electron chi connectivity index (χ3n) is 4.85. The maximum absolute atomic E-state index is 12.2. The van der Waals surface area contributed by atoms with Gasteiger partial charge in [0.25, 0.3) is 0 Å². The number of carbonyl (C=O) groups excluding carboxylic acids is 1. The number of amides is 1. The fraction of sp³-hybridized carbons (Fsp3) is 0.444. The Balaban J connectivity index is 1.85. The number of aromatic nitrogens is 1. The van der Waals surface area contributed by atoms with E-state index in [4.69, 9.17) is 16.3 Å². The second kappa shape index (κ2) is 8.05. The highest BCUT2D eigenvalue weighted by atomic mass is 35.5. The van der Waals surface area contributed by atoms with Gasteiger partial charge in [0.2, 0.25) is 5.75 Å². The number of hydrogen-bond donors (Lipinski definition) is 1. The van der Waals surface area contributed by atoms with E-state index in [2.05, 4.69) is 4.98 Å². The first kappa shape index (κ1) is 19.9. The van der Waals surface area contributed by atoms with E-state index in [1.807, 2.05) is 18.7 Å². The first-order valence-electron chi connectivity index (χ1n) is 8.98. The van der Waals surface area contributed by atoms with Gasteiger partial charge in [-0.1, -0.05) is 18.5 Å². The Labute approximate surface area is 166 Å². The molecule has 3 rings (SSSR count). The molecule has 10 heteroatoms. The van der Waals surface area contributed by atoms with Crippen LogP contribution in [0.15, 0.2) is 18.3 Å². The molecule has 28 heavy (non-hydrogen) atoms. The Kier molecular flexibility index (Phi) is 5.73. The number of nitrogens with zero attached hydrogens (tertiary/aromatic N) is 4. The predicted molar refractivity (Wildman–Crippen MR) is 105 cm³/mol. The zero-order valence-corrected chi connectivity index (χ0v) is 16.3. The average Bonchev–Trinajstić information content (AvgIpc) is 2.69. The Hall–Kier alpha value is -2.81. The normalized spacial score (nSPS) is 15.5. The molecule has 9 nitrogen and oxygen atoms in total. The molecule has 1 N–H and O–H groups in total. The number of carbonyl (C=O) groups is 1. The Morgan fingerprint density at radius 3 is 2.71 bits per heavy atom. The van der Waals surface area contributed by atoms with Gasteiger partial charge < -0.3 is 19.6 Å². The van der Waals surface area contributed by atoms with E-state index < -0.39 is 16.4 Å². The van der Waals surface area contributed by atoms with E-state index in [1.165, 1.54) is 6.20 Å². The quantitative estimate of drug-likeness (QED) is 0.608. The number of hydrogen-bond acceptors (Lipinski definition) is 7. The molecule has 1 saturated heterocycles. The molecule has 0 aliphatic carbocycles. The number of nitro groups is 1. The van der Waals surface area contributed by atoms with Crippen molar-refractivity contribution in [1.82, 2.24) is 9.88 Å². The van der Waals surface area contributed by atoms with E-state index >= 15 is 0 Å². The molecule has 1 aromatic heterocycles. The van der Waals surface area contributed by atoms with Gasteiger partial charge in [-0.25, -0.2) is 4.79 Å². The topological polar surface area (TPSA) is 109 Å². The summed E-state index contributed by atoms with van der Waals surface area (Å²) in [6.45, 7) is 5.80. The number of aromatic hydroxyl groups is 1. The number of ether oxygens (including phenoxy) is 1. The van der Waals surface area contributed by atoms with Crippen LogP contribution in [0.5, 0.6) is 5.75 Å². The van der Waals surface area contributed by atoms with E-state index in [9.17, 15) is 20.0 Å². The van der Waals surface area contributed by atoms with Gasteiger partial charge in [-0.2, -0.15) is 0 Å². The van der Waals surface area contributed by atoms with Crippen molar-refractivity contribution >= 4 is 40.0 Å². The summed E-state index contributed by atoms with van der Waals surface area (Å²) < 4.78 is 5.36. The molecule has 0 spiro atoms. The fourth-order valence-electron chi connectivity index (χ4n) is 3.11. The van der Waals surface area contributed by atoms with Crippen molar-refractivity contribution in [2.75, 3.05) is 31.1 Å². The summed E-state index contributed by atoms with van der Waals surface area (Å²) in [6, 6.07) is 2.87. The highest BCUT2D eigenvalue weighted by molar-refractivity contribution is 6.37. The van der Waals surface area contributed by atoms with E-state index in [0.29, 0.717) is 37.3 Å². The van der Waals surface area contributed by atoms with Gasteiger partial charge in [-0.15, -0.1) is 0 Å². The Bertz CT molecular complexity index is 914. The molecule has 0 radical (unpaired) electrons. The van der Waals surface area contributed by atoms with Crippen LogP contribution in [0.2, 0.25) is 5.02 Å². The average molecular weight is 409 g/mol. The van der Waals surface area contributed by atoms with Crippen molar-refractivity contribution in [2.24, 2.45) is 0 Å². The van der Waals surface area contributed by atoms with Crippen LogP contribution in [0.4, 0.5) is 16.2 Å². The molecule has 1 aliphatic heterocycles. The standard InChI is InChI=1S/C18H21ClN4O5/c1-3-11(2)28-18(25)22-8-6-21(7-9-22)13-4-5-20-16-15(13)12(19)10-14(17(16)24)23(26)27/h4-5,10-11,24H,3,6-9H2,1-2H3. The molecule has 0 bridgehead atoms. The fourth-order valence-corrected chi connectivity index (χ4v) is 3.40. The summed E-state index contributed by atoms with van der Waals surface area (Å²) in [5, 5.41) is 21.9. The van der Waals surface area contributed by atoms with Gasteiger partial charge in [0, 0.05) is 49.5 Å². The lowest BCUT2D eigenvalue weighted by Gasteiger charge is -2.36. The summed E-state index contributed by atoms with van der Waals surface area (Å²) in [7, 11) is 0. The van der Waals surface area contributed by atoms with Crippen LogP contribution in [0, 0.1) is 10.1 Å². The monoisotopic (exact) mass is 408 g/mol. The number of nitro benzene ring substituents is 1. The third kappa shape index (κ3) is 3.75. The Morgan fingerprint density at radius 2 is 2.11 bits per heavy atom. The number of rotatable bonds is 4. The number of phenols is 1. The van der Waals surface area contributed by atoms with Gasteiger partial charge >= 0.3 is 11.8 Å². The minimum absolute atomic E-state index is 0.0790. The first-order chi connectivity index (χ1) is 13.3. The lowest BCUT2D eigenvalue weighted by Crippen LogP contribution is -2.49. The number of phenolic OH excluding ortho intramolecular Hbond substituents is 1. The van der Waals surface area contributed by atoms with E-state index in [-0.39, 0.29) is 22.7 Å². The molecule has 1 aliphatic rings. The molecule has 2 heterocycles. The number of pyridine rings is 1. The van der Waals surface area contributed by atoms with Crippen LogP contribution < -0.4 is 4.90 Å². The predicted octanol–water partition coefficient (Wildman–Crippen LogP) is 3.56. The smallest absolute Gasteiger partial charge is 0.410 e. The molecular weight excluding hydrogens is 388 g/mol. The van der Waals surface area contributed by atoms with Gasteiger partial charge in [0.15, 0.2) is 0 Å². The number of anilines is 1. The number of halogens is 1. The summed E-state index contributed by atoms with van der Waals surface area (Å²) in [6.07, 6.45) is 1.76. The molecule has 150 valence electrons. The second-order valence-corrected chi connectivity index (χ2v) is 7.02. The zero-order chi connectivity index (χ0) is 20.4. The van der Waals surface area contributed by atoms with Crippen LogP contribution in [-0.4, -0.2) is 58.3 Å².